The number of pyridine rings is 1. The molecule has 4 heteroatoms. The third kappa shape index (κ3) is 3.90. The van der Waals surface area contributed by atoms with E-state index in [1.54, 1.807) is 0 Å². The SMILES string of the molecule is CCNC(Cc1cccnc1)C1SCCSC1C. The van der Waals surface area contributed by atoms with Crippen LogP contribution in [0.3, 0.4) is 0 Å². The predicted molar refractivity (Wildman–Crippen MR) is 83.6 cm³/mol. The number of thioether (sulfide) groups is 2. The van der Waals surface area contributed by atoms with E-state index in [0.29, 0.717) is 11.3 Å². The Morgan fingerprint density at radius 1 is 1.44 bits per heavy atom. The molecule has 100 valence electrons. The summed E-state index contributed by atoms with van der Waals surface area (Å²) in [5, 5.41) is 5.12. The van der Waals surface area contributed by atoms with Crippen molar-refractivity contribution in [2.75, 3.05) is 18.1 Å². The van der Waals surface area contributed by atoms with E-state index in [-0.39, 0.29) is 0 Å². The highest BCUT2D eigenvalue weighted by Crippen LogP contribution is 2.33. The Balaban J connectivity index is 2.02. The topological polar surface area (TPSA) is 24.9 Å². The fourth-order valence-corrected chi connectivity index (χ4v) is 5.39. The van der Waals surface area contributed by atoms with Crippen LogP contribution in [0.25, 0.3) is 0 Å². The lowest BCUT2D eigenvalue weighted by molar-refractivity contribution is 0.500. The summed E-state index contributed by atoms with van der Waals surface area (Å²) in [5.41, 5.74) is 1.34. The molecule has 3 atom stereocenters. The molecule has 1 fully saturated rings. The molecule has 0 bridgehead atoms. The van der Waals surface area contributed by atoms with Crippen LogP contribution in [-0.2, 0) is 6.42 Å². The van der Waals surface area contributed by atoms with Crippen molar-refractivity contribution in [2.45, 2.75) is 36.8 Å². The summed E-state index contributed by atoms with van der Waals surface area (Å²) >= 11 is 4.25. The minimum atomic E-state index is 0.562. The summed E-state index contributed by atoms with van der Waals surface area (Å²) in [6.45, 7) is 5.61. The van der Waals surface area contributed by atoms with Crippen LogP contribution in [0.4, 0.5) is 0 Å². The second kappa shape index (κ2) is 7.41. The predicted octanol–water partition coefficient (Wildman–Crippen LogP) is 2.84. The van der Waals surface area contributed by atoms with Crippen molar-refractivity contribution in [2.24, 2.45) is 0 Å². The van der Waals surface area contributed by atoms with E-state index in [0.717, 1.165) is 18.2 Å². The van der Waals surface area contributed by atoms with Crippen LogP contribution in [0, 0.1) is 0 Å². The van der Waals surface area contributed by atoms with Crippen LogP contribution >= 0.6 is 23.5 Å². The maximum atomic E-state index is 4.22. The average molecular weight is 282 g/mol. The van der Waals surface area contributed by atoms with Crippen molar-refractivity contribution in [3.63, 3.8) is 0 Å². The molecule has 0 radical (unpaired) electrons. The van der Waals surface area contributed by atoms with Crippen molar-refractivity contribution in [3.8, 4) is 0 Å². The molecule has 1 aromatic heterocycles. The smallest absolute Gasteiger partial charge is 0.0320 e. The van der Waals surface area contributed by atoms with Gasteiger partial charge in [0.1, 0.15) is 0 Å². The molecule has 0 saturated carbocycles. The van der Waals surface area contributed by atoms with E-state index in [9.17, 15) is 0 Å². The summed E-state index contributed by atoms with van der Waals surface area (Å²) in [4.78, 5) is 4.22. The molecular formula is C14H22N2S2. The lowest BCUT2D eigenvalue weighted by Gasteiger charge is -2.35. The lowest BCUT2D eigenvalue weighted by atomic mass is 10.0. The van der Waals surface area contributed by atoms with Crippen LogP contribution in [0.5, 0.6) is 0 Å². The Morgan fingerprint density at radius 3 is 2.94 bits per heavy atom. The summed E-state index contributed by atoms with van der Waals surface area (Å²) in [6.07, 6.45) is 4.93. The first-order valence-corrected chi connectivity index (χ1v) is 8.76. The molecule has 1 aliphatic heterocycles. The standard InChI is InChI=1S/C14H22N2S2/c1-3-16-13(9-12-5-4-6-15-10-12)14-11(2)17-7-8-18-14/h4-6,10-11,13-14,16H,3,7-9H2,1-2H3. The van der Waals surface area contributed by atoms with Crippen LogP contribution in [0.1, 0.15) is 19.4 Å². The normalized spacial score (nSPS) is 25.9. The molecule has 0 aliphatic carbocycles. The number of nitrogens with one attached hydrogen (secondary N) is 1. The van der Waals surface area contributed by atoms with E-state index in [1.165, 1.54) is 17.1 Å². The van der Waals surface area contributed by atoms with Crippen LogP contribution in [0.2, 0.25) is 0 Å². The summed E-state index contributed by atoms with van der Waals surface area (Å²) in [6, 6.07) is 4.78. The average Bonchev–Trinajstić information content (AvgIpc) is 2.40. The highest BCUT2D eigenvalue weighted by atomic mass is 32.2. The van der Waals surface area contributed by atoms with E-state index in [4.69, 9.17) is 0 Å². The van der Waals surface area contributed by atoms with Gasteiger partial charge in [-0.15, -0.1) is 0 Å². The monoisotopic (exact) mass is 282 g/mol. The number of hydrogen-bond acceptors (Lipinski definition) is 4. The van der Waals surface area contributed by atoms with Gasteiger partial charge in [-0.05, 0) is 24.6 Å². The molecule has 1 aliphatic rings. The minimum absolute atomic E-state index is 0.562. The molecule has 2 heterocycles. The molecule has 1 aromatic rings. The van der Waals surface area contributed by atoms with Gasteiger partial charge >= 0.3 is 0 Å². The molecular weight excluding hydrogens is 260 g/mol. The zero-order chi connectivity index (χ0) is 12.8. The van der Waals surface area contributed by atoms with E-state index in [2.05, 4.69) is 53.7 Å². The van der Waals surface area contributed by atoms with Crippen LogP contribution in [-0.4, -0.2) is 39.6 Å². The number of hydrogen-bond donors (Lipinski definition) is 1. The molecule has 2 rings (SSSR count). The molecule has 1 N–H and O–H groups in total. The van der Waals surface area contributed by atoms with Gasteiger partial charge in [-0.1, -0.05) is 19.9 Å². The zero-order valence-electron chi connectivity index (χ0n) is 11.1. The fourth-order valence-electron chi connectivity index (χ4n) is 2.43. The first-order valence-electron chi connectivity index (χ1n) is 6.66. The van der Waals surface area contributed by atoms with Gasteiger partial charge in [-0.2, -0.15) is 23.5 Å². The lowest BCUT2D eigenvalue weighted by Crippen LogP contribution is -2.45. The first-order chi connectivity index (χ1) is 8.81. The maximum absolute atomic E-state index is 4.22. The second-order valence-corrected chi connectivity index (χ2v) is 7.41. The number of rotatable bonds is 5. The minimum Gasteiger partial charge on any atom is -0.313 e. The van der Waals surface area contributed by atoms with Gasteiger partial charge < -0.3 is 5.32 Å². The van der Waals surface area contributed by atoms with Gasteiger partial charge in [-0.3, -0.25) is 4.98 Å². The van der Waals surface area contributed by atoms with Gasteiger partial charge in [-0.25, -0.2) is 0 Å². The van der Waals surface area contributed by atoms with Gasteiger partial charge in [0.2, 0.25) is 0 Å². The van der Waals surface area contributed by atoms with Crippen molar-refractivity contribution in [1.82, 2.24) is 10.3 Å². The summed E-state index contributed by atoms with van der Waals surface area (Å²) in [5.74, 6) is 2.59. The Kier molecular flexibility index (Phi) is 5.86. The van der Waals surface area contributed by atoms with Gasteiger partial charge in [0.15, 0.2) is 0 Å². The Labute approximate surface area is 119 Å². The maximum Gasteiger partial charge on any atom is 0.0320 e. The van der Waals surface area contributed by atoms with E-state index in [1.807, 2.05) is 18.5 Å². The molecule has 0 aromatic carbocycles. The quantitative estimate of drug-likeness (QED) is 0.898. The van der Waals surface area contributed by atoms with Crippen LogP contribution in [0.15, 0.2) is 24.5 Å². The van der Waals surface area contributed by atoms with Gasteiger partial charge in [0.05, 0.1) is 0 Å². The highest BCUT2D eigenvalue weighted by Gasteiger charge is 2.29. The van der Waals surface area contributed by atoms with Crippen molar-refractivity contribution in [1.29, 1.82) is 0 Å². The van der Waals surface area contributed by atoms with E-state index < -0.39 is 0 Å². The van der Waals surface area contributed by atoms with Gasteiger partial charge in [0.25, 0.3) is 0 Å². The van der Waals surface area contributed by atoms with Gasteiger partial charge in [0, 0.05) is 40.4 Å². The first kappa shape index (κ1) is 14.2. The number of nitrogens with zero attached hydrogens (tertiary/aromatic N) is 1. The second-order valence-electron chi connectivity index (χ2n) is 4.64. The fraction of sp³-hybridized carbons (Fsp3) is 0.643. The van der Waals surface area contributed by atoms with Crippen molar-refractivity contribution >= 4 is 23.5 Å². The highest BCUT2D eigenvalue weighted by molar-refractivity contribution is 8.07. The third-order valence-corrected chi connectivity index (χ3v) is 6.53. The molecule has 0 amide bonds. The molecule has 0 spiro atoms. The molecule has 3 unspecified atom stereocenters. The number of aromatic nitrogens is 1. The molecule has 1 saturated heterocycles. The van der Waals surface area contributed by atoms with Crippen LogP contribution < -0.4 is 5.32 Å². The van der Waals surface area contributed by atoms with E-state index >= 15 is 0 Å². The Hall–Kier alpha value is -0.190. The number of likely N-dealkylation sites (N-methyl/N-ethyl adjacent to an activating group) is 1. The summed E-state index contributed by atoms with van der Waals surface area (Å²) in [7, 11) is 0. The zero-order valence-corrected chi connectivity index (χ0v) is 12.8. The molecule has 2 nitrogen and oxygen atoms in total. The van der Waals surface area contributed by atoms with Crippen molar-refractivity contribution in [3.05, 3.63) is 30.1 Å². The third-order valence-electron chi connectivity index (χ3n) is 3.28. The van der Waals surface area contributed by atoms with Crippen molar-refractivity contribution < 1.29 is 0 Å². The largest absolute Gasteiger partial charge is 0.313 e. The Morgan fingerprint density at radius 2 is 2.28 bits per heavy atom. The Bertz CT molecular complexity index is 345. The molecule has 18 heavy (non-hydrogen) atoms. The summed E-state index contributed by atoms with van der Waals surface area (Å²) < 4.78 is 0.